The molecule has 47 heavy (non-hydrogen) atoms. The fourth-order valence-electron chi connectivity index (χ4n) is 8.18. The first-order valence-electron chi connectivity index (χ1n) is 16.3. The molecule has 0 aliphatic rings. The molecule has 0 N–H and O–H groups in total. The van der Waals surface area contributed by atoms with E-state index in [0.29, 0.717) is 0 Å². The topological polar surface area (TPSA) is 13.1 Å². The second kappa shape index (κ2) is 9.19. The van der Waals surface area contributed by atoms with Gasteiger partial charge in [0.1, 0.15) is 11.2 Å². The van der Waals surface area contributed by atoms with E-state index in [2.05, 4.69) is 152 Å². The van der Waals surface area contributed by atoms with Crippen molar-refractivity contribution in [2.45, 2.75) is 0 Å². The average Bonchev–Trinajstić information content (AvgIpc) is 3.51. The number of rotatable bonds is 2. The summed E-state index contributed by atoms with van der Waals surface area (Å²) < 4.78 is 6.32. The molecule has 0 spiro atoms. The number of benzene rings is 10. The first-order valence-corrected chi connectivity index (χ1v) is 16.3. The number of fused-ring (bicyclic) bond motifs is 9. The molecule has 1 nitrogen and oxygen atoms in total. The van der Waals surface area contributed by atoms with Crippen LogP contribution in [0.3, 0.4) is 0 Å². The normalized spacial score (nSPS) is 12.3. The molecule has 0 unspecified atom stereocenters. The molecular formula is C46H26O. The third-order valence-electron chi connectivity index (χ3n) is 10.4. The molecule has 11 aromatic rings. The molecule has 0 saturated heterocycles. The molecule has 11 rings (SSSR count). The summed E-state index contributed by atoms with van der Waals surface area (Å²) in [7, 11) is 0. The number of furan rings is 1. The summed E-state index contributed by atoms with van der Waals surface area (Å²) in [6.45, 7) is 0. The molecular weight excluding hydrogens is 569 g/mol. The van der Waals surface area contributed by atoms with E-state index >= 15 is 0 Å². The molecule has 0 fully saturated rings. The van der Waals surface area contributed by atoms with Crippen molar-refractivity contribution in [3.8, 4) is 22.3 Å². The Balaban J connectivity index is 1.08. The Morgan fingerprint density at radius 3 is 1.66 bits per heavy atom. The maximum Gasteiger partial charge on any atom is 0.136 e. The molecule has 1 aromatic heterocycles. The Labute approximate surface area is 270 Å². The van der Waals surface area contributed by atoms with Crippen LogP contribution < -0.4 is 0 Å². The number of hydrogen-bond donors (Lipinski definition) is 0. The number of para-hydroxylation sites is 1. The third-order valence-corrected chi connectivity index (χ3v) is 10.4. The molecule has 0 bridgehead atoms. The largest absolute Gasteiger partial charge is 0.456 e. The smallest absolute Gasteiger partial charge is 0.136 e. The Morgan fingerprint density at radius 2 is 0.851 bits per heavy atom. The van der Waals surface area contributed by atoms with E-state index in [-0.39, 0.29) is 0 Å². The van der Waals surface area contributed by atoms with Crippen LogP contribution in [0.15, 0.2) is 162 Å². The minimum Gasteiger partial charge on any atom is -0.456 e. The molecule has 0 aliphatic heterocycles. The highest BCUT2D eigenvalue weighted by Gasteiger charge is 2.15. The van der Waals surface area contributed by atoms with Crippen molar-refractivity contribution in [3.05, 3.63) is 158 Å². The highest BCUT2D eigenvalue weighted by atomic mass is 16.3. The van der Waals surface area contributed by atoms with Crippen LogP contribution in [0, 0.1) is 0 Å². The summed E-state index contributed by atoms with van der Waals surface area (Å²) in [5.41, 5.74) is 6.80. The zero-order valence-electron chi connectivity index (χ0n) is 25.4. The van der Waals surface area contributed by atoms with Gasteiger partial charge >= 0.3 is 0 Å². The van der Waals surface area contributed by atoms with Crippen molar-refractivity contribution >= 4 is 86.6 Å². The van der Waals surface area contributed by atoms with Crippen LogP contribution in [0.1, 0.15) is 0 Å². The van der Waals surface area contributed by atoms with E-state index in [4.69, 9.17) is 4.42 Å². The third kappa shape index (κ3) is 3.49. The van der Waals surface area contributed by atoms with Gasteiger partial charge in [0.2, 0.25) is 0 Å². The quantitative estimate of drug-likeness (QED) is 0.182. The summed E-state index contributed by atoms with van der Waals surface area (Å²) in [5.74, 6) is 0. The fourth-order valence-corrected chi connectivity index (χ4v) is 8.18. The zero-order valence-corrected chi connectivity index (χ0v) is 25.4. The lowest BCUT2D eigenvalue weighted by atomic mass is 9.89. The fraction of sp³-hybridized carbons (Fsp3) is 0. The van der Waals surface area contributed by atoms with Crippen molar-refractivity contribution in [2.24, 2.45) is 0 Å². The minimum absolute atomic E-state index is 0.930. The van der Waals surface area contributed by atoms with Crippen LogP contribution in [0.4, 0.5) is 0 Å². The van der Waals surface area contributed by atoms with E-state index in [1.54, 1.807) is 0 Å². The van der Waals surface area contributed by atoms with Crippen LogP contribution >= 0.6 is 0 Å². The van der Waals surface area contributed by atoms with Gasteiger partial charge in [0.15, 0.2) is 0 Å². The maximum atomic E-state index is 6.32. The van der Waals surface area contributed by atoms with Gasteiger partial charge in [0.25, 0.3) is 0 Å². The van der Waals surface area contributed by atoms with Gasteiger partial charge in [-0.2, -0.15) is 0 Å². The van der Waals surface area contributed by atoms with Crippen molar-refractivity contribution in [1.82, 2.24) is 0 Å². The Morgan fingerprint density at radius 1 is 0.277 bits per heavy atom. The van der Waals surface area contributed by atoms with E-state index in [1.165, 1.54) is 92.3 Å². The van der Waals surface area contributed by atoms with Gasteiger partial charge in [-0.25, -0.2) is 0 Å². The Kier molecular flexibility index (Phi) is 4.90. The molecule has 1 heteroatoms. The first-order chi connectivity index (χ1) is 23.3. The van der Waals surface area contributed by atoms with Crippen molar-refractivity contribution < 1.29 is 4.42 Å². The van der Waals surface area contributed by atoms with E-state index < -0.39 is 0 Å². The first kappa shape index (κ1) is 25.1. The molecule has 0 saturated carbocycles. The average molecular weight is 595 g/mol. The van der Waals surface area contributed by atoms with Crippen LogP contribution in [0.5, 0.6) is 0 Å². The minimum atomic E-state index is 0.930. The van der Waals surface area contributed by atoms with Gasteiger partial charge < -0.3 is 4.42 Å². The molecule has 0 radical (unpaired) electrons. The van der Waals surface area contributed by atoms with E-state index in [1.807, 2.05) is 6.07 Å². The molecule has 1 heterocycles. The van der Waals surface area contributed by atoms with Gasteiger partial charge in [-0.05, 0) is 111 Å². The lowest BCUT2D eigenvalue weighted by Crippen LogP contribution is -1.88. The van der Waals surface area contributed by atoms with E-state index in [0.717, 1.165) is 16.6 Å². The Hall–Kier alpha value is -6.18. The second-order valence-electron chi connectivity index (χ2n) is 12.8. The number of hydrogen-bond acceptors (Lipinski definition) is 1. The molecule has 0 amide bonds. The lowest BCUT2D eigenvalue weighted by molar-refractivity contribution is 0.669. The van der Waals surface area contributed by atoms with Gasteiger partial charge in [-0.15, -0.1) is 0 Å². The van der Waals surface area contributed by atoms with Crippen molar-refractivity contribution in [2.75, 3.05) is 0 Å². The van der Waals surface area contributed by atoms with Crippen molar-refractivity contribution in [1.29, 1.82) is 0 Å². The predicted molar refractivity (Wildman–Crippen MR) is 201 cm³/mol. The second-order valence-corrected chi connectivity index (χ2v) is 12.8. The predicted octanol–water partition coefficient (Wildman–Crippen LogP) is 13.3. The highest BCUT2D eigenvalue weighted by Crippen LogP contribution is 2.42. The van der Waals surface area contributed by atoms with Gasteiger partial charge in [0, 0.05) is 10.8 Å². The summed E-state index contributed by atoms with van der Waals surface area (Å²) in [4.78, 5) is 0. The van der Waals surface area contributed by atoms with Crippen LogP contribution in [0.25, 0.3) is 109 Å². The standard InChI is InChI=1S/C46H26O/c1-2-9-35-34(8-1)39-24-32(20-22-36(39)41-26-44-42(25-40(35)41)37-10-3-4-11-43(37)47-44)27-12-14-28(15-13-27)33-21-18-31-17-16-29-6-5-7-30-19-23-38(33)46(31)45(29)30/h1-26H. The SMILES string of the molecule is c1cc2ccc3ccc(-c4ccc(-c5ccc6c(c5)c5ccccc5c5cc7c(cc65)oc5ccccc57)cc4)c4ccc(c1)c2c34. The monoisotopic (exact) mass is 594 g/mol. The maximum absolute atomic E-state index is 6.32. The lowest BCUT2D eigenvalue weighted by Gasteiger charge is -2.15. The summed E-state index contributed by atoms with van der Waals surface area (Å²) in [5, 5.41) is 17.8. The summed E-state index contributed by atoms with van der Waals surface area (Å²) in [6, 6.07) is 57.9. The van der Waals surface area contributed by atoms with Crippen molar-refractivity contribution in [3.63, 3.8) is 0 Å². The molecule has 0 aliphatic carbocycles. The Bertz CT molecular complexity index is 3040. The van der Waals surface area contributed by atoms with Gasteiger partial charge in [-0.1, -0.05) is 133 Å². The molecule has 0 atom stereocenters. The highest BCUT2D eigenvalue weighted by molar-refractivity contribution is 6.29. The van der Waals surface area contributed by atoms with Crippen LogP contribution in [-0.4, -0.2) is 0 Å². The van der Waals surface area contributed by atoms with E-state index in [9.17, 15) is 0 Å². The van der Waals surface area contributed by atoms with Gasteiger partial charge in [0.05, 0.1) is 0 Å². The zero-order chi connectivity index (χ0) is 30.6. The van der Waals surface area contributed by atoms with Crippen LogP contribution in [0.2, 0.25) is 0 Å². The molecule has 10 aromatic carbocycles. The van der Waals surface area contributed by atoms with Gasteiger partial charge in [-0.3, -0.25) is 0 Å². The van der Waals surface area contributed by atoms with Crippen LogP contribution in [-0.2, 0) is 0 Å². The summed E-state index contributed by atoms with van der Waals surface area (Å²) in [6.07, 6.45) is 0. The summed E-state index contributed by atoms with van der Waals surface area (Å²) >= 11 is 0. The molecule has 216 valence electrons.